The van der Waals surface area contributed by atoms with E-state index in [-0.39, 0.29) is 36.6 Å². The normalized spacial score (nSPS) is 21.1. The molecule has 1 heterocycles. The number of nitrogens with one attached hydrogen (secondary N) is 2. The van der Waals surface area contributed by atoms with Gasteiger partial charge in [-0.25, -0.2) is 0 Å². The van der Waals surface area contributed by atoms with Crippen molar-refractivity contribution in [3.8, 4) is 5.75 Å². The molecule has 1 aliphatic rings. The van der Waals surface area contributed by atoms with E-state index in [1.165, 1.54) is 0 Å². The van der Waals surface area contributed by atoms with Crippen molar-refractivity contribution >= 4 is 24.0 Å². The van der Waals surface area contributed by atoms with Gasteiger partial charge in [-0.05, 0) is 51.5 Å². The van der Waals surface area contributed by atoms with Crippen LogP contribution in [-0.4, -0.2) is 37.3 Å². The highest BCUT2D eigenvalue weighted by Crippen LogP contribution is 2.23. The molecule has 6 heteroatoms. The van der Waals surface area contributed by atoms with Crippen LogP contribution in [0.4, 0.5) is 5.69 Å². The van der Waals surface area contributed by atoms with Gasteiger partial charge in [0, 0.05) is 12.2 Å². The van der Waals surface area contributed by atoms with Crippen LogP contribution in [0.1, 0.15) is 26.3 Å². The lowest BCUT2D eigenvalue weighted by Gasteiger charge is -2.29. The Morgan fingerprint density at radius 2 is 2.18 bits per heavy atom. The minimum Gasteiger partial charge on any atom is -0.491 e. The van der Waals surface area contributed by atoms with E-state index >= 15 is 0 Å². The van der Waals surface area contributed by atoms with Crippen molar-refractivity contribution in [2.75, 3.05) is 18.5 Å². The molecule has 1 saturated heterocycles. The number of hydrogen-bond acceptors (Lipinski definition) is 4. The Bertz CT molecular complexity index is 508. The van der Waals surface area contributed by atoms with E-state index in [1.807, 2.05) is 45.9 Å². The standard InChI is InChI=1S/C16H24N2O3.ClH/c1-10(2)21-14-6-5-13(9-11(14)3)18-16(19)15-12(4)20-8-7-17-15;/h5-6,9-10,12,15,17H,7-8H2,1-4H3,(H,18,19);1H/t12-,15+;/m1./s1. The van der Waals surface area contributed by atoms with Gasteiger partial charge < -0.3 is 20.1 Å². The number of benzene rings is 1. The molecule has 0 spiro atoms. The highest BCUT2D eigenvalue weighted by Gasteiger charge is 2.28. The topological polar surface area (TPSA) is 59.6 Å². The fourth-order valence-electron chi connectivity index (χ4n) is 2.36. The molecule has 22 heavy (non-hydrogen) atoms. The van der Waals surface area contributed by atoms with Gasteiger partial charge in [0.15, 0.2) is 0 Å². The van der Waals surface area contributed by atoms with Crippen LogP contribution in [0.2, 0.25) is 0 Å². The molecule has 0 aromatic heterocycles. The highest BCUT2D eigenvalue weighted by molar-refractivity contribution is 5.95. The summed E-state index contributed by atoms with van der Waals surface area (Å²) in [4.78, 5) is 12.3. The van der Waals surface area contributed by atoms with Crippen molar-refractivity contribution in [1.82, 2.24) is 5.32 Å². The van der Waals surface area contributed by atoms with Crippen LogP contribution in [0.5, 0.6) is 5.75 Å². The molecule has 1 fully saturated rings. The minimum atomic E-state index is -0.314. The number of halogens is 1. The SMILES string of the molecule is Cc1cc(NC(=O)[C@H]2NCCO[C@@H]2C)ccc1OC(C)C.Cl. The van der Waals surface area contributed by atoms with Gasteiger partial charge in [-0.2, -0.15) is 0 Å². The molecule has 0 saturated carbocycles. The fraction of sp³-hybridized carbons (Fsp3) is 0.562. The van der Waals surface area contributed by atoms with Crippen LogP contribution in [0, 0.1) is 6.92 Å². The molecule has 0 aliphatic carbocycles. The molecule has 2 atom stereocenters. The number of aryl methyl sites for hydroxylation is 1. The summed E-state index contributed by atoms with van der Waals surface area (Å²) in [5.74, 6) is 0.773. The Labute approximate surface area is 138 Å². The van der Waals surface area contributed by atoms with E-state index in [0.29, 0.717) is 13.2 Å². The average molecular weight is 329 g/mol. The summed E-state index contributed by atoms with van der Waals surface area (Å²) < 4.78 is 11.2. The number of anilines is 1. The average Bonchev–Trinajstić information content (AvgIpc) is 2.42. The number of hydrogen-bond donors (Lipinski definition) is 2. The van der Waals surface area contributed by atoms with Crippen LogP contribution >= 0.6 is 12.4 Å². The molecule has 1 aromatic rings. The van der Waals surface area contributed by atoms with Crippen LogP contribution in [0.25, 0.3) is 0 Å². The molecule has 0 unspecified atom stereocenters. The molecule has 2 N–H and O–H groups in total. The summed E-state index contributed by atoms with van der Waals surface area (Å²) >= 11 is 0. The van der Waals surface area contributed by atoms with Gasteiger partial charge in [0.1, 0.15) is 11.8 Å². The summed E-state index contributed by atoms with van der Waals surface area (Å²) in [7, 11) is 0. The Morgan fingerprint density at radius 3 is 2.77 bits per heavy atom. The summed E-state index contributed by atoms with van der Waals surface area (Å²) in [5, 5.41) is 6.11. The van der Waals surface area contributed by atoms with Crippen molar-refractivity contribution in [3.63, 3.8) is 0 Å². The minimum absolute atomic E-state index is 0. The zero-order valence-corrected chi connectivity index (χ0v) is 14.3. The van der Waals surface area contributed by atoms with Gasteiger partial charge in [-0.1, -0.05) is 0 Å². The van der Waals surface area contributed by atoms with Crippen LogP contribution < -0.4 is 15.4 Å². The molecule has 1 aromatic carbocycles. The third-order valence-electron chi connectivity index (χ3n) is 3.40. The Kier molecular flexibility index (Phi) is 7.13. The van der Waals surface area contributed by atoms with Crippen molar-refractivity contribution in [3.05, 3.63) is 23.8 Å². The van der Waals surface area contributed by atoms with E-state index in [9.17, 15) is 4.79 Å². The summed E-state index contributed by atoms with van der Waals surface area (Å²) in [6, 6.07) is 5.35. The zero-order chi connectivity index (χ0) is 15.4. The number of rotatable bonds is 4. The zero-order valence-electron chi connectivity index (χ0n) is 13.5. The number of carbonyl (C=O) groups is 1. The maximum atomic E-state index is 12.3. The lowest BCUT2D eigenvalue weighted by Crippen LogP contribution is -2.53. The van der Waals surface area contributed by atoms with Gasteiger partial charge in [-0.15, -0.1) is 12.4 Å². The largest absolute Gasteiger partial charge is 0.491 e. The Morgan fingerprint density at radius 1 is 1.45 bits per heavy atom. The third kappa shape index (κ3) is 4.87. The van der Waals surface area contributed by atoms with Crippen LogP contribution in [-0.2, 0) is 9.53 Å². The lowest BCUT2D eigenvalue weighted by molar-refractivity contribution is -0.123. The predicted molar refractivity (Wildman–Crippen MR) is 90.0 cm³/mol. The second-order valence-corrected chi connectivity index (χ2v) is 5.64. The second-order valence-electron chi connectivity index (χ2n) is 5.64. The first-order valence-electron chi connectivity index (χ1n) is 7.40. The smallest absolute Gasteiger partial charge is 0.244 e. The van der Waals surface area contributed by atoms with Crippen molar-refractivity contribution < 1.29 is 14.3 Å². The molecule has 1 aliphatic heterocycles. The van der Waals surface area contributed by atoms with E-state index in [4.69, 9.17) is 9.47 Å². The molecule has 2 rings (SSSR count). The molecule has 0 bridgehead atoms. The molecular formula is C16H25ClN2O3. The quantitative estimate of drug-likeness (QED) is 0.891. The first-order chi connectivity index (χ1) is 9.97. The number of morpholine rings is 1. The first kappa shape index (κ1) is 18.7. The van der Waals surface area contributed by atoms with E-state index < -0.39 is 0 Å². The molecule has 0 radical (unpaired) electrons. The lowest BCUT2D eigenvalue weighted by atomic mass is 10.1. The predicted octanol–water partition coefficient (Wildman–Crippen LogP) is 2.52. The van der Waals surface area contributed by atoms with Gasteiger partial charge >= 0.3 is 0 Å². The second kappa shape index (κ2) is 8.36. The molecule has 1 amide bonds. The number of carbonyl (C=O) groups excluding carboxylic acids is 1. The van der Waals surface area contributed by atoms with E-state index in [1.54, 1.807) is 0 Å². The first-order valence-corrected chi connectivity index (χ1v) is 7.40. The Hall–Kier alpha value is -1.30. The Balaban J connectivity index is 0.00000242. The van der Waals surface area contributed by atoms with Crippen LogP contribution in [0.15, 0.2) is 18.2 Å². The van der Waals surface area contributed by atoms with Gasteiger partial charge in [0.25, 0.3) is 0 Å². The number of ether oxygens (including phenoxy) is 2. The monoisotopic (exact) mass is 328 g/mol. The van der Waals surface area contributed by atoms with Crippen molar-refractivity contribution in [2.24, 2.45) is 0 Å². The van der Waals surface area contributed by atoms with Gasteiger partial charge in [0.05, 0.1) is 18.8 Å². The van der Waals surface area contributed by atoms with Gasteiger partial charge in [0.2, 0.25) is 5.91 Å². The highest BCUT2D eigenvalue weighted by atomic mass is 35.5. The summed E-state index contributed by atoms with van der Waals surface area (Å²) in [6.45, 7) is 9.20. The fourth-order valence-corrected chi connectivity index (χ4v) is 2.36. The maximum Gasteiger partial charge on any atom is 0.244 e. The van der Waals surface area contributed by atoms with E-state index in [0.717, 1.165) is 17.0 Å². The molecular weight excluding hydrogens is 304 g/mol. The van der Waals surface area contributed by atoms with Crippen molar-refractivity contribution in [2.45, 2.75) is 45.9 Å². The summed E-state index contributed by atoms with van der Waals surface area (Å²) in [6.07, 6.45) is 0.0111. The maximum absolute atomic E-state index is 12.3. The van der Waals surface area contributed by atoms with Gasteiger partial charge in [-0.3, -0.25) is 4.79 Å². The summed E-state index contributed by atoms with van der Waals surface area (Å²) in [5.41, 5.74) is 1.77. The van der Waals surface area contributed by atoms with E-state index in [2.05, 4.69) is 10.6 Å². The molecule has 124 valence electrons. The van der Waals surface area contributed by atoms with Crippen LogP contribution in [0.3, 0.4) is 0 Å². The molecule has 5 nitrogen and oxygen atoms in total. The number of amides is 1. The third-order valence-corrected chi connectivity index (χ3v) is 3.40. The van der Waals surface area contributed by atoms with Crippen molar-refractivity contribution in [1.29, 1.82) is 0 Å².